The van der Waals surface area contributed by atoms with Crippen LogP contribution < -0.4 is 5.43 Å². The minimum absolute atomic E-state index is 0.0730. The predicted octanol–water partition coefficient (Wildman–Crippen LogP) is 2.41. The largest absolute Gasteiger partial charge is 0.371 e. The molecule has 0 aliphatic heterocycles. The van der Waals surface area contributed by atoms with Crippen molar-refractivity contribution in [1.82, 2.24) is 14.9 Å². The van der Waals surface area contributed by atoms with E-state index in [4.69, 9.17) is 18.9 Å². The standard InChI is InChI=1S/C16H32N4O4/c1-8-13(16(21-6)22-7)19-20-14(11(4)23-9-2)17-18-15(20)12(5)24-10-3/h11-13,16,19H,8-10H2,1-7H3/t11-,12-,13-/m0/s1. The van der Waals surface area contributed by atoms with E-state index in [1.807, 2.05) is 32.4 Å². The predicted molar refractivity (Wildman–Crippen MR) is 91.3 cm³/mol. The number of aromatic nitrogens is 3. The van der Waals surface area contributed by atoms with Gasteiger partial charge in [0.1, 0.15) is 12.2 Å². The highest BCUT2D eigenvalue weighted by molar-refractivity contribution is 5.06. The van der Waals surface area contributed by atoms with Crippen LogP contribution in [0, 0.1) is 0 Å². The topological polar surface area (TPSA) is 79.7 Å². The van der Waals surface area contributed by atoms with Crippen LogP contribution in [0.5, 0.6) is 0 Å². The Morgan fingerprint density at radius 1 is 0.917 bits per heavy atom. The molecule has 3 atom stereocenters. The van der Waals surface area contributed by atoms with Crippen LogP contribution in [0.15, 0.2) is 0 Å². The Labute approximate surface area is 144 Å². The van der Waals surface area contributed by atoms with E-state index in [2.05, 4.69) is 22.5 Å². The summed E-state index contributed by atoms with van der Waals surface area (Å²) >= 11 is 0. The van der Waals surface area contributed by atoms with Crippen molar-refractivity contribution in [2.45, 2.75) is 65.6 Å². The van der Waals surface area contributed by atoms with Gasteiger partial charge in [0.25, 0.3) is 0 Å². The molecule has 1 aromatic rings. The molecule has 0 saturated heterocycles. The van der Waals surface area contributed by atoms with Gasteiger partial charge in [0.15, 0.2) is 17.9 Å². The lowest BCUT2D eigenvalue weighted by molar-refractivity contribution is -0.114. The van der Waals surface area contributed by atoms with E-state index in [0.717, 1.165) is 6.42 Å². The van der Waals surface area contributed by atoms with Gasteiger partial charge in [-0.1, -0.05) is 6.92 Å². The highest BCUT2D eigenvalue weighted by atomic mass is 16.7. The van der Waals surface area contributed by atoms with E-state index >= 15 is 0 Å². The van der Waals surface area contributed by atoms with Crippen molar-refractivity contribution in [3.8, 4) is 0 Å². The van der Waals surface area contributed by atoms with E-state index in [9.17, 15) is 0 Å². The molecule has 0 amide bonds. The van der Waals surface area contributed by atoms with Gasteiger partial charge in [0.2, 0.25) is 0 Å². The zero-order chi connectivity index (χ0) is 18.1. The molecule has 8 heteroatoms. The van der Waals surface area contributed by atoms with Gasteiger partial charge in [0.05, 0.1) is 6.04 Å². The zero-order valence-electron chi connectivity index (χ0n) is 15.9. The minimum Gasteiger partial charge on any atom is -0.371 e. The molecular formula is C16H32N4O4. The molecule has 0 radical (unpaired) electrons. The van der Waals surface area contributed by atoms with Gasteiger partial charge >= 0.3 is 0 Å². The SMILES string of the molecule is CCO[C@@H](C)c1nnc([C@H](C)OCC)n1N[C@@H](CC)C(OC)OC. The molecule has 0 unspecified atom stereocenters. The Kier molecular flexibility index (Phi) is 9.20. The molecule has 8 nitrogen and oxygen atoms in total. The van der Waals surface area contributed by atoms with Crippen molar-refractivity contribution in [3.63, 3.8) is 0 Å². The molecule has 0 bridgehead atoms. The first-order valence-electron chi connectivity index (χ1n) is 8.54. The van der Waals surface area contributed by atoms with Gasteiger partial charge < -0.3 is 24.4 Å². The second kappa shape index (κ2) is 10.6. The van der Waals surface area contributed by atoms with E-state index < -0.39 is 0 Å². The van der Waals surface area contributed by atoms with Gasteiger partial charge in [-0.2, -0.15) is 0 Å². The average Bonchev–Trinajstić information content (AvgIpc) is 2.99. The second-order valence-electron chi connectivity index (χ2n) is 5.43. The van der Waals surface area contributed by atoms with Crippen LogP contribution in [0.3, 0.4) is 0 Å². The van der Waals surface area contributed by atoms with E-state index in [0.29, 0.717) is 24.9 Å². The number of rotatable bonds is 12. The van der Waals surface area contributed by atoms with Gasteiger partial charge in [-0.15, -0.1) is 10.2 Å². The maximum atomic E-state index is 5.68. The number of methoxy groups -OCH3 is 2. The molecule has 1 aromatic heterocycles. The number of ether oxygens (including phenoxy) is 4. The van der Waals surface area contributed by atoms with Crippen LogP contribution in [0.2, 0.25) is 0 Å². The number of hydrogen-bond acceptors (Lipinski definition) is 7. The van der Waals surface area contributed by atoms with Crippen molar-refractivity contribution in [2.24, 2.45) is 0 Å². The molecule has 0 aliphatic carbocycles. The summed E-state index contributed by atoms with van der Waals surface area (Å²) in [7, 11) is 3.25. The van der Waals surface area contributed by atoms with Crippen molar-refractivity contribution < 1.29 is 18.9 Å². The summed E-state index contributed by atoms with van der Waals surface area (Å²) in [6.45, 7) is 11.1. The number of nitrogens with one attached hydrogen (secondary N) is 1. The van der Waals surface area contributed by atoms with Crippen LogP contribution in [-0.4, -0.2) is 54.6 Å². The van der Waals surface area contributed by atoms with Crippen LogP contribution >= 0.6 is 0 Å². The van der Waals surface area contributed by atoms with Gasteiger partial charge in [0, 0.05) is 27.4 Å². The summed E-state index contributed by atoms with van der Waals surface area (Å²) in [4.78, 5) is 0. The fraction of sp³-hybridized carbons (Fsp3) is 0.875. The molecule has 1 rings (SSSR count). The molecule has 0 spiro atoms. The zero-order valence-corrected chi connectivity index (χ0v) is 15.9. The van der Waals surface area contributed by atoms with E-state index in [-0.39, 0.29) is 24.5 Å². The first kappa shape index (κ1) is 20.8. The van der Waals surface area contributed by atoms with Gasteiger partial charge in [-0.05, 0) is 34.1 Å². The fourth-order valence-electron chi connectivity index (χ4n) is 2.55. The molecular weight excluding hydrogens is 312 g/mol. The lowest BCUT2D eigenvalue weighted by Gasteiger charge is -2.28. The Bertz CT molecular complexity index is 435. The third-order valence-corrected chi connectivity index (χ3v) is 3.80. The van der Waals surface area contributed by atoms with Crippen LogP contribution in [0.25, 0.3) is 0 Å². The van der Waals surface area contributed by atoms with Crippen molar-refractivity contribution in [3.05, 3.63) is 11.6 Å². The summed E-state index contributed by atoms with van der Waals surface area (Å²) in [5, 5.41) is 8.60. The average molecular weight is 344 g/mol. The smallest absolute Gasteiger partial charge is 0.180 e. The van der Waals surface area contributed by atoms with Crippen LogP contribution in [0.1, 0.15) is 64.9 Å². The Hall–Kier alpha value is -1.22. The first-order valence-corrected chi connectivity index (χ1v) is 8.54. The number of nitrogens with zero attached hydrogens (tertiary/aromatic N) is 3. The minimum atomic E-state index is -0.386. The molecule has 24 heavy (non-hydrogen) atoms. The number of hydrogen-bond donors (Lipinski definition) is 1. The third kappa shape index (κ3) is 5.14. The maximum absolute atomic E-state index is 5.68. The second-order valence-corrected chi connectivity index (χ2v) is 5.43. The summed E-state index contributed by atoms with van der Waals surface area (Å²) in [5.74, 6) is 1.39. The van der Waals surface area contributed by atoms with Gasteiger partial charge in [-0.25, -0.2) is 4.68 Å². The Morgan fingerprint density at radius 2 is 1.38 bits per heavy atom. The maximum Gasteiger partial charge on any atom is 0.180 e. The van der Waals surface area contributed by atoms with Crippen LogP contribution in [0.4, 0.5) is 0 Å². The summed E-state index contributed by atoms with van der Waals surface area (Å²) in [6, 6.07) is -0.0730. The molecule has 1 heterocycles. The quantitative estimate of drug-likeness (QED) is 0.583. The van der Waals surface area contributed by atoms with E-state index in [1.54, 1.807) is 14.2 Å². The normalized spacial score (nSPS) is 15.5. The lowest BCUT2D eigenvalue weighted by Crippen LogP contribution is -2.41. The fourth-order valence-corrected chi connectivity index (χ4v) is 2.55. The van der Waals surface area contributed by atoms with Gasteiger partial charge in [-0.3, -0.25) is 0 Å². The van der Waals surface area contributed by atoms with Crippen LogP contribution in [-0.2, 0) is 18.9 Å². The Balaban J connectivity index is 3.16. The molecule has 0 fully saturated rings. The van der Waals surface area contributed by atoms with Crippen molar-refractivity contribution >= 4 is 0 Å². The molecule has 0 aromatic carbocycles. The lowest BCUT2D eigenvalue weighted by atomic mass is 10.2. The Morgan fingerprint density at radius 3 is 1.71 bits per heavy atom. The monoisotopic (exact) mass is 344 g/mol. The highest BCUT2D eigenvalue weighted by Gasteiger charge is 2.26. The van der Waals surface area contributed by atoms with Crippen molar-refractivity contribution in [1.29, 1.82) is 0 Å². The molecule has 1 N–H and O–H groups in total. The summed E-state index contributed by atoms with van der Waals surface area (Å²) < 4.78 is 24.0. The highest BCUT2D eigenvalue weighted by Crippen LogP contribution is 2.21. The third-order valence-electron chi connectivity index (χ3n) is 3.80. The molecule has 140 valence electrons. The molecule has 0 saturated carbocycles. The summed E-state index contributed by atoms with van der Waals surface area (Å²) in [6.07, 6.45) is 0.0234. The summed E-state index contributed by atoms with van der Waals surface area (Å²) in [5.41, 5.74) is 3.41. The molecule has 0 aliphatic rings. The van der Waals surface area contributed by atoms with E-state index in [1.165, 1.54) is 0 Å². The first-order chi connectivity index (χ1) is 11.5. The van der Waals surface area contributed by atoms with Crippen molar-refractivity contribution in [2.75, 3.05) is 32.9 Å².